The summed E-state index contributed by atoms with van der Waals surface area (Å²) in [5.41, 5.74) is 1.93. The van der Waals surface area contributed by atoms with Gasteiger partial charge in [-0.15, -0.1) is 0 Å². The molecular formula is C22H19N3O5. The number of ether oxygens (including phenoxy) is 2. The van der Waals surface area contributed by atoms with Gasteiger partial charge in [-0.1, -0.05) is 23.4 Å². The number of carbonyl (C=O) groups excluding carboxylic acids is 1. The zero-order chi connectivity index (χ0) is 20.9. The van der Waals surface area contributed by atoms with Gasteiger partial charge in [0.2, 0.25) is 11.7 Å². The summed E-state index contributed by atoms with van der Waals surface area (Å²) in [5.74, 6) is 2.08. The highest BCUT2D eigenvalue weighted by Gasteiger charge is 2.15. The number of benzene rings is 2. The number of amides is 1. The third kappa shape index (κ3) is 4.02. The maximum absolute atomic E-state index is 12.8. The summed E-state index contributed by atoms with van der Waals surface area (Å²) in [5, 5.41) is 6.86. The minimum atomic E-state index is -0.273. The van der Waals surface area contributed by atoms with E-state index < -0.39 is 0 Å². The molecule has 0 aliphatic rings. The first-order valence-electron chi connectivity index (χ1n) is 9.15. The van der Waals surface area contributed by atoms with E-state index in [9.17, 15) is 4.79 Å². The van der Waals surface area contributed by atoms with Crippen LogP contribution >= 0.6 is 0 Å². The number of furan rings is 1. The fourth-order valence-electron chi connectivity index (χ4n) is 2.96. The zero-order valence-electron chi connectivity index (χ0n) is 16.4. The molecule has 0 aliphatic carbocycles. The Bertz CT molecular complexity index is 1150. The molecule has 8 heteroatoms. The van der Waals surface area contributed by atoms with Crippen molar-refractivity contribution in [3.8, 4) is 23.1 Å². The minimum Gasteiger partial charge on any atom is -0.493 e. The van der Waals surface area contributed by atoms with E-state index in [1.165, 1.54) is 7.11 Å². The van der Waals surface area contributed by atoms with Crippen molar-refractivity contribution >= 4 is 11.6 Å². The number of nitrogens with one attached hydrogen (secondary N) is 1. The van der Waals surface area contributed by atoms with Crippen LogP contribution in [-0.2, 0) is 6.42 Å². The number of anilines is 1. The maximum Gasteiger partial charge on any atom is 0.255 e. The molecule has 0 fully saturated rings. The Morgan fingerprint density at radius 2 is 1.87 bits per heavy atom. The van der Waals surface area contributed by atoms with E-state index in [1.807, 2.05) is 24.3 Å². The van der Waals surface area contributed by atoms with Crippen LogP contribution in [0.25, 0.3) is 11.6 Å². The van der Waals surface area contributed by atoms with Crippen LogP contribution < -0.4 is 14.8 Å². The molecule has 0 unspecified atom stereocenters. The van der Waals surface area contributed by atoms with E-state index in [-0.39, 0.29) is 5.91 Å². The Kier molecular flexibility index (Phi) is 5.47. The van der Waals surface area contributed by atoms with Gasteiger partial charge in [0, 0.05) is 11.3 Å². The van der Waals surface area contributed by atoms with Gasteiger partial charge in [0.1, 0.15) is 0 Å². The molecule has 4 rings (SSSR count). The van der Waals surface area contributed by atoms with Crippen LogP contribution in [0.3, 0.4) is 0 Å². The van der Waals surface area contributed by atoms with Gasteiger partial charge >= 0.3 is 0 Å². The number of para-hydroxylation sites is 1. The first kappa shape index (κ1) is 19.3. The van der Waals surface area contributed by atoms with Crippen LogP contribution in [0.1, 0.15) is 21.8 Å². The number of nitrogens with zero attached hydrogens (tertiary/aromatic N) is 2. The third-order valence-corrected chi connectivity index (χ3v) is 4.46. The molecule has 0 saturated carbocycles. The van der Waals surface area contributed by atoms with E-state index >= 15 is 0 Å². The predicted octanol–water partition coefficient (Wildman–Crippen LogP) is 4.19. The summed E-state index contributed by atoms with van der Waals surface area (Å²) in [4.78, 5) is 17.1. The maximum atomic E-state index is 12.8. The van der Waals surface area contributed by atoms with Gasteiger partial charge in [-0.2, -0.15) is 4.98 Å². The van der Waals surface area contributed by atoms with Gasteiger partial charge < -0.3 is 23.7 Å². The predicted molar refractivity (Wildman–Crippen MR) is 109 cm³/mol. The molecule has 0 atom stereocenters. The molecule has 0 spiro atoms. The lowest BCUT2D eigenvalue weighted by Gasteiger charge is -2.12. The summed E-state index contributed by atoms with van der Waals surface area (Å²) in [6.07, 6.45) is 1.90. The molecule has 0 bridgehead atoms. The average molecular weight is 405 g/mol. The van der Waals surface area contributed by atoms with Crippen molar-refractivity contribution in [3.63, 3.8) is 0 Å². The fourth-order valence-corrected chi connectivity index (χ4v) is 2.96. The quantitative estimate of drug-likeness (QED) is 0.492. The Morgan fingerprint density at radius 1 is 1.03 bits per heavy atom. The smallest absolute Gasteiger partial charge is 0.255 e. The highest BCUT2D eigenvalue weighted by Crippen LogP contribution is 2.28. The lowest BCUT2D eigenvalue weighted by atomic mass is 10.1. The highest BCUT2D eigenvalue weighted by molar-refractivity contribution is 6.05. The molecule has 152 valence electrons. The first-order valence-corrected chi connectivity index (χ1v) is 9.15. The van der Waals surface area contributed by atoms with Gasteiger partial charge in [-0.05, 0) is 42.0 Å². The third-order valence-electron chi connectivity index (χ3n) is 4.46. The van der Waals surface area contributed by atoms with E-state index in [0.29, 0.717) is 46.6 Å². The van der Waals surface area contributed by atoms with Crippen molar-refractivity contribution in [2.24, 2.45) is 0 Å². The van der Waals surface area contributed by atoms with Gasteiger partial charge in [0.15, 0.2) is 17.3 Å². The molecule has 2 heterocycles. The molecule has 0 radical (unpaired) electrons. The topological polar surface area (TPSA) is 99.6 Å². The van der Waals surface area contributed by atoms with Crippen LogP contribution in [0.5, 0.6) is 11.5 Å². The summed E-state index contributed by atoms with van der Waals surface area (Å²) >= 11 is 0. The second kappa shape index (κ2) is 8.52. The zero-order valence-corrected chi connectivity index (χ0v) is 16.4. The number of rotatable bonds is 7. The standard InChI is InChI=1S/C22H19N3O5/c1-27-17-10-9-15(12-19(17)28-2)22(26)23-16-7-4-3-6-14(16)13-20-24-21(25-30-20)18-8-5-11-29-18/h3-12H,13H2,1-2H3,(H,23,26). The fraction of sp³-hybridized carbons (Fsp3) is 0.136. The van der Waals surface area contributed by atoms with Crippen molar-refractivity contribution in [2.75, 3.05) is 19.5 Å². The molecule has 0 aliphatic heterocycles. The van der Waals surface area contributed by atoms with Crippen molar-refractivity contribution in [1.82, 2.24) is 10.1 Å². The van der Waals surface area contributed by atoms with E-state index in [0.717, 1.165) is 5.56 Å². The average Bonchev–Trinajstić information content (AvgIpc) is 3.46. The second-order valence-corrected chi connectivity index (χ2v) is 6.35. The largest absolute Gasteiger partial charge is 0.493 e. The number of hydrogen-bond donors (Lipinski definition) is 1. The van der Waals surface area contributed by atoms with E-state index in [2.05, 4.69) is 15.5 Å². The Balaban J connectivity index is 1.53. The molecule has 2 aromatic carbocycles. The molecule has 0 saturated heterocycles. The first-order chi connectivity index (χ1) is 14.7. The summed E-state index contributed by atoms with van der Waals surface area (Å²) in [6, 6.07) is 15.9. The molecule has 2 aromatic heterocycles. The number of methoxy groups -OCH3 is 2. The van der Waals surface area contributed by atoms with Crippen LogP contribution in [0.2, 0.25) is 0 Å². The number of hydrogen-bond acceptors (Lipinski definition) is 7. The molecular weight excluding hydrogens is 386 g/mol. The van der Waals surface area contributed by atoms with E-state index in [4.69, 9.17) is 18.4 Å². The van der Waals surface area contributed by atoms with Gasteiger partial charge in [0.25, 0.3) is 5.91 Å². The normalized spacial score (nSPS) is 10.6. The molecule has 1 N–H and O–H groups in total. The highest BCUT2D eigenvalue weighted by atomic mass is 16.5. The lowest BCUT2D eigenvalue weighted by Crippen LogP contribution is -2.13. The monoisotopic (exact) mass is 405 g/mol. The molecule has 30 heavy (non-hydrogen) atoms. The van der Waals surface area contributed by atoms with Crippen molar-refractivity contribution in [3.05, 3.63) is 77.9 Å². The summed E-state index contributed by atoms with van der Waals surface area (Å²) in [7, 11) is 3.07. The van der Waals surface area contributed by atoms with Crippen LogP contribution in [-0.4, -0.2) is 30.3 Å². The Morgan fingerprint density at radius 3 is 2.63 bits per heavy atom. The minimum absolute atomic E-state index is 0.273. The number of carbonyl (C=O) groups is 1. The molecule has 8 nitrogen and oxygen atoms in total. The van der Waals surface area contributed by atoms with Crippen molar-refractivity contribution < 1.29 is 23.2 Å². The van der Waals surface area contributed by atoms with E-state index in [1.54, 1.807) is 43.7 Å². The van der Waals surface area contributed by atoms with Crippen molar-refractivity contribution in [2.45, 2.75) is 6.42 Å². The van der Waals surface area contributed by atoms with Crippen molar-refractivity contribution in [1.29, 1.82) is 0 Å². The van der Waals surface area contributed by atoms with Crippen LogP contribution in [0, 0.1) is 0 Å². The van der Waals surface area contributed by atoms with Gasteiger partial charge in [-0.25, -0.2) is 0 Å². The van der Waals surface area contributed by atoms with Crippen LogP contribution in [0.4, 0.5) is 5.69 Å². The van der Waals surface area contributed by atoms with Gasteiger partial charge in [0.05, 0.1) is 26.9 Å². The van der Waals surface area contributed by atoms with Crippen LogP contribution in [0.15, 0.2) is 69.8 Å². The SMILES string of the molecule is COc1ccc(C(=O)Nc2ccccc2Cc2nc(-c3ccco3)no2)cc1OC. The molecule has 1 amide bonds. The summed E-state index contributed by atoms with van der Waals surface area (Å²) < 4.78 is 21.1. The molecule has 4 aromatic rings. The Hall–Kier alpha value is -4.07. The second-order valence-electron chi connectivity index (χ2n) is 6.35. The Labute approximate surface area is 172 Å². The van der Waals surface area contributed by atoms with Gasteiger partial charge in [-0.3, -0.25) is 4.79 Å². The lowest BCUT2D eigenvalue weighted by molar-refractivity contribution is 0.102. The number of aromatic nitrogens is 2. The summed E-state index contributed by atoms with van der Waals surface area (Å²) in [6.45, 7) is 0.